The Labute approximate surface area is 128 Å². The molecule has 1 aromatic heterocycles. The molecule has 1 N–H and O–H groups in total. The monoisotopic (exact) mass is 307 g/mol. The Balaban J connectivity index is 1.94. The average Bonchev–Trinajstić information content (AvgIpc) is 3.07. The summed E-state index contributed by atoms with van der Waals surface area (Å²) < 4.78 is 0. The van der Waals surface area contributed by atoms with Crippen LogP contribution < -0.4 is 5.32 Å². The van der Waals surface area contributed by atoms with E-state index >= 15 is 0 Å². The smallest absolute Gasteiger partial charge is 0.249 e. The van der Waals surface area contributed by atoms with Crippen LogP contribution in [0, 0.1) is 6.92 Å². The van der Waals surface area contributed by atoms with Gasteiger partial charge in [0.25, 0.3) is 0 Å². The van der Waals surface area contributed by atoms with Crippen LogP contribution in [0.3, 0.4) is 0 Å². The van der Waals surface area contributed by atoms with Crippen LogP contribution in [0.15, 0.2) is 6.20 Å². The topological polar surface area (TPSA) is 62.3 Å². The van der Waals surface area contributed by atoms with Gasteiger partial charge in [-0.15, -0.1) is 11.3 Å². The van der Waals surface area contributed by atoms with E-state index in [-0.39, 0.29) is 17.9 Å². The van der Waals surface area contributed by atoms with Crippen LogP contribution in [-0.4, -0.2) is 33.3 Å². The zero-order valence-corrected chi connectivity index (χ0v) is 13.5. The molecule has 2 fully saturated rings. The highest BCUT2D eigenvalue weighted by atomic mass is 32.1. The summed E-state index contributed by atoms with van der Waals surface area (Å²) in [6.07, 6.45) is 5.33. The molecule has 3 rings (SSSR count). The number of rotatable bonds is 2. The van der Waals surface area contributed by atoms with Crippen molar-refractivity contribution in [2.75, 3.05) is 0 Å². The summed E-state index contributed by atoms with van der Waals surface area (Å²) in [7, 11) is 0. The number of piperazine rings is 1. The lowest BCUT2D eigenvalue weighted by molar-refractivity contribution is -0.156. The number of hydrogen-bond acceptors (Lipinski definition) is 4. The van der Waals surface area contributed by atoms with Crippen molar-refractivity contribution in [3.05, 3.63) is 16.1 Å². The molecular weight excluding hydrogens is 286 g/mol. The van der Waals surface area contributed by atoms with Gasteiger partial charge in [-0.05, 0) is 33.6 Å². The molecule has 1 aliphatic heterocycles. The van der Waals surface area contributed by atoms with E-state index in [0.29, 0.717) is 0 Å². The van der Waals surface area contributed by atoms with Gasteiger partial charge in [0.05, 0.1) is 6.04 Å². The molecule has 6 heteroatoms. The second-order valence-electron chi connectivity index (χ2n) is 6.15. The first-order valence-corrected chi connectivity index (χ1v) is 8.33. The lowest BCUT2D eigenvalue weighted by atomic mass is 9.90. The van der Waals surface area contributed by atoms with Crippen LogP contribution in [0.5, 0.6) is 0 Å². The van der Waals surface area contributed by atoms with E-state index in [1.807, 2.05) is 20.0 Å². The molecule has 0 bridgehead atoms. The summed E-state index contributed by atoms with van der Waals surface area (Å²) >= 11 is 1.59. The molecule has 1 saturated carbocycles. The maximum atomic E-state index is 13.0. The van der Waals surface area contributed by atoms with Crippen LogP contribution in [0.25, 0.3) is 0 Å². The quantitative estimate of drug-likeness (QED) is 0.911. The zero-order chi connectivity index (χ0) is 15.2. The van der Waals surface area contributed by atoms with E-state index in [2.05, 4.69) is 10.3 Å². The Morgan fingerprint density at radius 1 is 1.43 bits per heavy atom. The molecular formula is C15H21N3O2S. The number of carbonyl (C=O) groups excluding carboxylic acids is 2. The minimum Gasteiger partial charge on any atom is -0.340 e. The second-order valence-corrected chi connectivity index (χ2v) is 7.42. The van der Waals surface area contributed by atoms with Crippen LogP contribution >= 0.6 is 11.3 Å². The van der Waals surface area contributed by atoms with Gasteiger partial charge in [0, 0.05) is 11.1 Å². The second kappa shape index (κ2) is 5.09. The molecule has 2 atom stereocenters. The van der Waals surface area contributed by atoms with Gasteiger partial charge in [0.2, 0.25) is 11.8 Å². The normalized spacial score (nSPS) is 26.2. The first-order chi connectivity index (χ1) is 9.94. The highest BCUT2D eigenvalue weighted by molar-refractivity contribution is 7.11. The molecule has 1 aromatic rings. The molecule has 2 aliphatic rings. The molecule has 0 aromatic carbocycles. The van der Waals surface area contributed by atoms with E-state index in [1.165, 1.54) is 0 Å². The van der Waals surface area contributed by atoms with Gasteiger partial charge in [-0.1, -0.05) is 12.8 Å². The van der Waals surface area contributed by atoms with Gasteiger partial charge >= 0.3 is 0 Å². The van der Waals surface area contributed by atoms with E-state index in [0.717, 1.165) is 35.6 Å². The fourth-order valence-electron chi connectivity index (χ4n) is 3.46. The van der Waals surface area contributed by atoms with E-state index in [4.69, 9.17) is 0 Å². The fraction of sp³-hybridized carbons (Fsp3) is 0.667. The molecule has 21 heavy (non-hydrogen) atoms. The minimum absolute atomic E-state index is 0.0448. The number of thiazole rings is 1. The van der Waals surface area contributed by atoms with Crippen LogP contribution in [0.2, 0.25) is 0 Å². The van der Waals surface area contributed by atoms with Gasteiger partial charge in [0.1, 0.15) is 16.6 Å². The number of carbonyl (C=O) groups is 2. The van der Waals surface area contributed by atoms with E-state index in [9.17, 15) is 9.59 Å². The van der Waals surface area contributed by atoms with Crippen molar-refractivity contribution in [2.24, 2.45) is 0 Å². The molecule has 2 unspecified atom stereocenters. The number of nitrogens with zero attached hydrogens (tertiary/aromatic N) is 2. The summed E-state index contributed by atoms with van der Waals surface area (Å²) in [6, 6.07) is -0.599. The van der Waals surface area contributed by atoms with Gasteiger partial charge in [-0.3, -0.25) is 9.59 Å². The fourth-order valence-corrected chi connectivity index (χ4v) is 4.28. The summed E-state index contributed by atoms with van der Waals surface area (Å²) in [5, 5.41) is 3.88. The highest BCUT2D eigenvalue weighted by Crippen LogP contribution is 2.38. The van der Waals surface area contributed by atoms with Crippen molar-refractivity contribution in [3.8, 4) is 0 Å². The SMILES string of the molecule is Cc1cnc(C(C)N2C(=O)C3(CCCC3)NC(=O)C2C)s1. The molecule has 114 valence electrons. The third kappa shape index (κ3) is 2.25. The zero-order valence-electron chi connectivity index (χ0n) is 12.7. The molecule has 1 aliphatic carbocycles. The molecule has 2 heterocycles. The summed E-state index contributed by atoms with van der Waals surface area (Å²) in [6.45, 7) is 5.76. The van der Waals surface area contributed by atoms with Gasteiger partial charge in [0.15, 0.2) is 0 Å². The Morgan fingerprint density at radius 3 is 2.67 bits per heavy atom. The van der Waals surface area contributed by atoms with Crippen molar-refractivity contribution in [3.63, 3.8) is 0 Å². The molecule has 0 radical (unpaired) electrons. The van der Waals surface area contributed by atoms with Gasteiger partial charge < -0.3 is 10.2 Å². The van der Waals surface area contributed by atoms with Crippen molar-refractivity contribution in [1.29, 1.82) is 0 Å². The van der Waals surface area contributed by atoms with E-state index < -0.39 is 11.6 Å². The summed E-state index contributed by atoms with van der Waals surface area (Å²) in [4.78, 5) is 32.6. The first kappa shape index (κ1) is 14.5. The largest absolute Gasteiger partial charge is 0.340 e. The van der Waals surface area contributed by atoms with Crippen LogP contribution in [-0.2, 0) is 9.59 Å². The Kier molecular flexibility index (Phi) is 3.51. The number of hydrogen-bond donors (Lipinski definition) is 1. The van der Waals surface area contributed by atoms with Crippen molar-refractivity contribution in [2.45, 2.75) is 64.1 Å². The molecule has 2 amide bonds. The van der Waals surface area contributed by atoms with Crippen molar-refractivity contribution in [1.82, 2.24) is 15.2 Å². The maximum absolute atomic E-state index is 13.0. The predicted molar refractivity (Wildman–Crippen MR) is 80.9 cm³/mol. The minimum atomic E-state index is -0.663. The van der Waals surface area contributed by atoms with Crippen LogP contribution in [0.1, 0.15) is 55.5 Å². The highest BCUT2D eigenvalue weighted by Gasteiger charge is 2.52. The number of nitrogens with one attached hydrogen (secondary N) is 1. The molecule has 1 saturated heterocycles. The van der Waals surface area contributed by atoms with E-state index in [1.54, 1.807) is 23.2 Å². The standard InChI is InChI=1S/C15H21N3O2S/c1-9-8-16-13(21-9)11(3)18-10(2)12(19)17-15(14(18)20)6-4-5-7-15/h8,10-11H,4-7H2,1-3H3,(H,17,19). The third-order valence-corrected chi connectivity index (χ3v) is 5.76. The maximum Gasteiger partial charge on any atom is 0.249 e. The lowest BCUT2D eigenvalue weighted by Crippen LogP contribution is -2.69. The third-order valence-electron chi connectivity index (χ3n) is 4.67. The lowest BCUT2D eigenvalue weighted by Gasteiger charge is -2.45. The van der Waals surface area contributed by atoms with Gasteiger partial charge in [-0.25, -0.2) is 4.98 Å². The van der Waals surface area contributed by atoms with Crippen LogP contribution in [0.4, 0.5) is 0 Å². The Morgan fingerprint density at radius 2 is 2.10 bits per heavy atom. The van der Waals surface area contributed by atoms with Crippen molar-refractivity contribution < 1.29 is 9.59 Å². The Hall–Kier alpha value is -1.43. The predicted octanol–water partition coefficient (Wildman–Crippen LogP) is 2.17. The van der Waals surface area contributed by atoms with Gasteiger partial charge in [-0.2, -0.15) is 0 Å². The number of aromatic nitrogens is 1. The Bertz CT molecular complexity index is 577. The summed E-state index contributed by atoms with van der Waals surface area (Å²) in [5.74, 6) is 0.0177. The molecule has 5 nitrogen and oxygen atoms in total. The number of aryl methyl sites for hydroxylation is 1. The summed E-state index contributed by atoms with van der Waals surface area (Å²) in [5.41, 5.74) is -0.663. The molecule has 1 spiro atoms. The van der Waals surface area contributed by atoms with Crippen molar-refractivity contribution >= 4 is 23.2 Å². The first-order valence-electron chi connectivity index (χ1n) is 7.52. The number of amides is 2. The average molecular weight is 307 g/mol.